The zero-order chi connectivity index (χ0) is 9.07. The average Bonchev–Trinajstić information content (AvgIpc) is 1.89. The number of hydrogen-bond acceptors (Lipinski definition) is 4. The van der Waals surface area contributed by atoms with Crippen LogP contribution in [0, 0.1) is 0 Å². The molecule has 1 unspecified atom stereocenters. The van der Waals surface area contributed by atoms with E-state index in [-0.39, 0.29) is 0 Å². The molecule has 0 saturated heterocycles. The second-order valence-electron chi connectivity index (χ2n) is 2.52. The average molecular weight is 181 g/mol. The molecule has 68 valence electrons. The molecule has 0 saturated carbocycles. The highest BCUT2D eigenvalue weighted by Crippen LogP contribution is 2.46. The van der Waals surface area contributed by atoms with Gasteiger partial charge in [-0.05, 0) is 5.66 Å². The molecule has 0 radical (unpaired) electrons. The van der Waals surface area contributed by atoms with Crippen molar-refractivity contribution in [1.29, 1.82) is 0 Å². The highest BCUT2D eigenvalue weighted by Gasteiger charge is 2.24. The SMILES string of the molecule is COC(OC)P(=O)([O-])C(C)C. The molecule has 0 N–H and O–H groups in total. The van der Waals surface area contributed by atoms with Gasteiger partial charge in [-0.15, -0.1) is 0 Å². The highest BCUT2D eigenvalue weighted by molar-refractivity contribution is 7.57. The van der Waals surface area contributed by atoms with Gasteiger partial charge in [0.25, 0.3) is 0 Å². The van der Waals surface area contributed by atoms with Crippen LogP contribution in [-0.2, 0) is 14.0 Å². The summed E-state index contributed by atoms with van der Waals surface area (Å²) in [5.74, 6) is 0. The van der Waals surface area contributed by atoms with Crippen LogP contribution in [-0.4, -0.2) is 25.9 Å². The Balaban J connectivity index is 4.38. The van der Waals surface area contributed by atoms with Gasteiger partial charge < -0.3 is 18.9 Å². The Kier molecular flexibility index (Phi) is 4.26. The van der Waals surface area contributed by atoms with Gasteiger partial charge in [-0.1, -0.05) is 13.8 Å². The molecule has 5 heteroatoms. The Morgan fingerprint density at radius 3 is 1.73 bits per heavy atom. The normalized spacial score (nSPS) is 17.4. The Morgan fingerprint density at radius 1 is 1.27 bits per heavy atom. The van der Waals surface area contributed by atoms with Crippen molar-refractivity contribution in [3.63, 3.8) is 0 Å². The van der Waals surface area contributed by atoms with E-state index in [1.807, 2.05) is 0 Å². The van der Waals surface area contributed by atoms with Gasteiger partial charge in [-0.25, -0.2) is 0 Å². The fourth-order valence-corrected chi connectivity index (χ4v) is 1.71. The first-order chi connectivity index (χ1) is 4.96. The maximum absolute atomic E-state index is 11.3. The van der Waals surface area contributed by atoms with Gasteiger partial charge in [0.1, 0.15) is 0 Å². The molecule has 0 amide bonds. The molecule has 11 heavy (non-hydrogen) atoms. The Labute approximate surface area is 67.0 Å². The smallest absolute Gasteiger partial charge is 0.197 e. The molecular formula is C6H14O4P-. The zero-order valence-electron chi connectivity index (χ0n) is 7.23. The van der Waals surface area contributed by atoms with E-state index in [0.29, 0.717) is 0 Å². The summed E-state index contributed by atoms with van der Waals surface area (Å²) in [7, 11) is -0.956. The third-order valence-corrected chi connectivity index (χ3v) is 3.87. The summed E-state index contributed by atoms with van der Waals surface area (Å²) in [6, 6.07) is -1.11. The van der Waals surface area contributed by atoms with E-state index in [4.69, 9.17) is 0 Å². The predicted molar refractivity (Wildman–Crippen MR) is 40.5 cm³/mol. The maximum Gasteiger partial charge on any atom is 0.197 e. The molecule has 0 aromatic heterocycles. The molecule has 0 bridgehead atoms. The summed E-state index contributed by atoms with van der Waals surface area (Å²) in [5, 5.41) is 0. The minimum Gasteiger partial charge on any atom is -0.796 e. The number of rotatable bonds is 4. The lowest BCUT2D eigenvalue weighted by atomic mass is 10.6. The Bertz CT molecular complexity index is 153. The standard InChI is InChI=1S/C6H15O4P/c1-5(2)11(7,8)6(9-3)10-4/h5-6H,1-4H3,(H,7,8)/p-1. The van der Waals surface area contributed by atoms with E-state index >= 15 is 0 Å². The topological polar surface area (TPSA) is 58.6 Å². The summed E-state index contributed by atoms with van der Waals surface area (Å²) in [4.78, 5) is 11.3. The molecule has 0 rings (SSSR count). The zero-order valence-corrected chi connectivity index (χ0v) is 8.13. The first-order valence-electron chi connectivity index (χ1n) is 3.32. The fraction of sp³-hybridized carbons (Fsp3) is 1.00. The predicted octanol–water partition coefficient (Wildman–Crippen LogP) is 0.610. The Morgan fingerprint density at radius 2 is 1.64 bits per heavy atom. The van der Waals surface area contributed by atoms with E-state index < -0.39 is 19.1 Å². The second kappa shape index (κ2) is 4.21. The van der Waals surface area contributed by atoms with Gasteiger partial charge >= 0.3 is 0 Å². The van der Waals surface area contributed by atoms with Gasteiger partial charge in [0.05, 0.1) is 7.37 Å². The van der Waals surface area contributed by atoms with Gasteiger partial charge in [0, 0.05) is 14.2 Å². The van der Waals surface area contributed by atoms with Gasteiger partial charge in [0.2, 0.25) is 0 Å². The van der Waals surface area contributed by atoms with E-state index in [2.05, 4.69) is 9.47 Å². The largest absolute Gasteiger partial charge is 0.796 e. The van der Waals surface area contributed by atoms with Crippen LogP contribution < -0.4 is 4.89 Å². The molecule has 4 nitrogen and oxygen atoms in total. The van der Waals surface area contributed by atoms with Gasteiger partial charge in [-0.3, -0.25) is 0 Å². The molecule has 1 atom stereocenters. The van der Waals surface area contributed by atoms with Crippen molar-refractivity contribution in [2.24, 2.45) is 0 Å². The van der Waals surface area contributed by atoms with Crippen LogP contribution in [0.1, 0.15) is 13.8 Å². The van der Waals surface area contributed by atoms with Crippen molar-refractivity contribution in [1.82, 2.24) is 0 Å². The van der Waals surface area contributed by atoms with Crippen LogP contribution in [0.25, 0.3) is 0 Å². The van der Waals surface area contributed by atoms with Crippen molar-refractivity contribution in [2.45, 2.75) is 25.5 Å². The summed E-state index contributed by atoms with van der Waals surface area (Å²) in [6.45, 7) is 3.19. The highest BCUT2D eigenvalue weighted by atomic mass is 31.2. The lowest BCUT2D eigenvalue weighted by molar-refractivity contribution is -0.204. The fourth-order valence-electron chi connectivity index (χ4n) is 0.634. The third-order valence-electron chi connectivity index (χ3n) is 1.42. The second-order valence-corrected chi connectivity index (χ2v) is 5.26. The first-order valence-corrected chi connectivity index (χ1v) is 5.09. The van der Waals surface area contributed by atoms with E-state index in [9.17, 15) is 9.46 Å². The summed E-state index contributed by atoms with van der Waals surface area (Å²) >= 11 is 0. The summed E-state index contributed by atoms with van der Waals surface area (Å²) < 4.78 is 20.5. The number of hydrogen-bond donors (Lipinski definition) is 0. The molecule has 0 aliphatic rings. The number of ether oxygens (including phenoxy) is 2. The van der Waals surface area contributed by atoms with Crippen molar-refractivity contribution in [3.05, 3.63) is 0 Å². The lowest BCUT2D eigenvalue weighted by Crippen LogP contribution is -2.26. The van der Waals surface area contributed by atoms with Crippen LogP contribution >= 0.6 is 7.37 Å². The van der Waals surface area contributed by atoms with Crippen molar-refractivity contribution in [2.75, 3.05) is 14.2 Å². The maximum atomic E-state index is 11.3. The lowest BCUT2D eigenvalue weighted by Gasteiger charge is -2.33. The quantitative estimate of drug-likeness (QED) is 0.471. The summed E-state index contributed by atoms with van der Waals surface area (Å²) in [6.07, 6.45) is 0. The molecule has 0 aliphatic heterocycles. The van der Waals surface area contributed by atoms with Gasteiger partial charge in [-0.2, -0.15) is 0 Å². The van der Waals surface area contributed by atoms with Crippen molar-refractivity contribution in [3.8, 4) is 0 Å². The molecular weight excluding hydrogens is 167 g/mol. The molecule has 0 aliphatic carbocycles. The third kappa shape index (κ3) is 2.56. The van der Waals surface area contributed by atoms with Gasteiger partial charge in [0.15, 0.2) is 6.03 Å². The minimum atomic E-state index is -3.57. The van der Waals surface area contributed by atoms with Crippen molar-refractivity contribution >= 4 is 7.37 Å². The van der Waals surface area contributed by atoms with Crippen LogP contribution in [0.5, 0.6) is 0 Å². The van der Waals surface area contributed by atoms with Crippen LogP contribution in [0.15, 0.2) is 0 Å². The molecule has 0 fully saturated rings. The van der Waals surface area contributed by atoms with Crippen LogP contribution in [0.4, 0.5) is 0 Å². The minimum absolute atomic E-state index is 0.451. The van der Waals surface area contributed by atoms with Crippen LogP contribution in [0.3, 0.4) is 0 Å². The molecule has 0 spiro atoms. The monoisotopic (exact) mass is 181 g/mol. The Hall–Kier alpha value is 0.110. The van der Waals surface area contributed by atoms with E-state index in [1.54, 1.807) is 13.8 Å². The van der Waals surface area contributed by atoms with E-state index in [1.165, 1.54) is 14.2 Å². The van der Waals surface area contributed by atoms with Crippen LogP contribution in [0.2, 0.25) is 0 Å². The van der Waals surface area contributed by atoms with E-state index in [0.717, 1.165) is 0 Å². The summed E-state index contributed by atoms with van der Waals surface area (Å²) in [5.41, 5.74) is -0.451. The molecule has 0 aromatic carbocycles. The number of methoxy groups -OCH3 is 2. The first kappa shape index (κ1) is 11.1. The molecule has 0 aromatic rings. The molecule has 0 heterocycles. The van der Waals surface area contributed by atoms with Crippen molar-refractivity contribution < 1.29 is 18.9 Å².